The molecule has 4 rings (SSSR count). The second kappa shape index (κ2) is 8.89. The predicted molar refractivity (Wildman–Crippen MR) is 117 cm³/mol. The highest BCUT2D eigenvalue weighted by molar-refractivity contribution is 6.04. The van der Waals surface area contributed by atoms with Gasteiger partial charge in [-0.15, -0.1) is 0 Å². The standard InChI is InChI=1S/C21H15F3N6O5/c22-21(23,24)10-2-1-3-12(8-10)26-20-28-17-16(19(33)29-20)14(9-15(31)27-17)18(32)25-11-4-6-13(7-5-11)30(34)35/h1-8,14H,9H2,(H,25,32)(H3,26,27,28,29,31,33)/t14-/m1/s1. The number of rotatable bonds is 5. The molecule has 2 aromatic carbocycles. The van der Waals surface area contributed by atoms with Crippen molar-refractivity contribution in [3.8, 4) is 0 Å². The van der Waals surface area contributed by atoms with Gasteiger partial charge in [0.1, 0.15) is 5.82 Å². The quantitative estimate of drug-likeness (QED) is 0.316. The van der Waals surface area contributed by atoms with Crippen LogP contribution in [-0.4, -0.2) is 26.7 Å². The lowest BCUT2D eigenvalue weighted by Crippen LogP contribution is -2.36. The zero-order valence-corrected chi connectivity index (χ0v) is 17.5. The van der Waals surface area contributed by atoms with Crippen LogP contribution in [0.15, 0.2) is 53.3 Å². The molecule has 2 amide bonds. The van der Waals surface area contributed by atoms with E-state index in [0.717, 1.165) is 12.1 Å². The molecule has 0 aliphatic carbocycles. The van der Waals surface area contributed by atoms with Gasteiger partial charge in [0.2, 0.25) is 17.8 Å². The minimum absolute atomic E-state index is 0.0162. The third kappa shape index (κ3) is 5.10. The molecule has 1 atom stereocenters. The van der Waals surface area contributed by atoms with Crippen LogP contribution in [0.25, 0.3) is 0 Å². The molecule has 1 aromatic heterocycles. The van der Waals surface area contributed by atoms with E-state index < -0.39 is 40.0 Å². The fourth-order valence-electron chi connectivity index (χ4n) is 3.46. The molecule has 0 saturated heterocycles. The number of alkyl halides is 3. The molecular formula is C21H15F3N6O5. The van der Waals surface area contributed by atoms with Gasteiger partial charge in [0.15, 0.2) is 0 Å². The van der Waals surface area contributed by atoms with Crippen molar-refractivity contribution in [2.24, 2.45) is 0 Å². The largest absolute Gasteiger partial charge is 0.416 e. The van der Waals surface area contributed by atoms with Gasteiger partial charge >= 0.3 is 6.18 Å². The van der Waals surface area contributed by atoms with E-state index in [4.69, 9.17) is 0 Å². The van der Waals surface area contributed by atoms with Crippen molar-refractivity contribution < 1.29 is 27.7 Å². The summed E-state index contributed by atoms with van der Waals surface area (Å²) in [5.74, 6) is -3.02. The highest BCUT2D eigenvalue weighted by Gasteiger charge is 2.35. The monoisotopic (exact) mass is 488 g/mol. The topological polar surface area (TPSA) is 159 Å². The van der Waals surface area contributed by atoms with E-state index in [2.05, 4.69) is 25.9 Å². The minimum Gasteiger partial charge on any atom is -0.326 e. The van der Waals surface area contributed by atoms with Gasteiger partial charge in [-0.05, 0) is 30.3 Å². The Kier molecular flexibility index (Phi) is 5.94. The molecule has 0 saturated carbocycles. The lowest BCUT2D eigenvalue weighted by atomic mass is 9.92. The number of aromatic nitrogens is 2. The van der Waals surface area contributed by atoms with Crippen molar-refractivity contribution in [1.82, 2.24) is 9.97 Å². The summed E-state index contributed by atoms with van der Waals surface area (Å²) in [4.78, 5) is 54.4. The van der Waals surface area contributed by atoms with Gasteiger partial charge in [-0.25, -0.2) is 0 Å². The van der Waals surface area contributed by atoms with Gasteiger partial charge < -0.3 is 16.0 Å². The van der Waals surface area contributed by atoms with Gasteiger partial charge in [0, 0.05) is 29.9 Å². The fourth-order valence-corrected chi connectivity index (χ4v) is 3.46. The number of aromatic amines is 1. The summed E-state index contributed by atoms with van der Waals surface area (Å²) >= 11 is 0. The number of H-pyrrole nitrogens is 1. The summed E-state index contributed by atoms with van der Waals surface area (Å²) in [6, 6.07) is 9.14. The lowest BCUT2D eigenvalue weighted by molar-refractivity contribution is -0.384. The number of amides is 2. The molecule has 1 aliphatic heterocycles. The first-order chi connectivity index (χ1) is 16.5. The minimum atomic E-state index is -4.58. The molecule has 0 unspecified atom stereocenters. The normalized spacial score (nSPS) is 15.1. The number of carbonyl (C=O) groups is 2. The molecule has 35 heavy (non-hydrogen) atoms. The zero-order chi connectivity index (χ0) is 25.3. The second-order valence-electron chi connectivity index (χ2n) is 7.48. The van der Waals surface area contributed by atoms with E-state index in [1.54, 1.807) is 0 Å². The highest BCUT2D eigenvalue weighted by Crippen LogP contribution is 2.32. The summed E-state index contributed by atoms with van der Waals surface area (Å²) in [6.45, 7) is 0. The van der Waals surface area contributed by atoms with Crippen LogP contribution in [0.2, 0.25) is 0 Å². The van der Waals surface area contributed by atoms with Gasteiger partial charge in [0.05, 0.1) is 22.0 Å². The number of carbonyl (C=O) groups excluding carboxylic acids is 2. The molecule has 14 heteroatoms. The maximum atomic E-state index is 13.0. The summed E-state index contributed by atoms with van der Waals surface area (Å²) in [5, 5.41) is 18.2. The Labute approximate surface area is 193 Å². The molecule has 2 heterocycles. The Balaban J connectivity index is 1.60. The number of hydrogen-bond acceptors (Lipinski definition) is 7. The average Bonchev–Trinajstić information content (AvgIpc) is 2.78. The summed E-state index contributed by atoms with van der Waals surface area (Å²) in [7, 11) is 0. The van der Waals surface area contributed by atoms with Crippen molar-refractivity contribution in [1.29, 1.82) is 0 Å². The van der Waals surface area contributed by atoms with Crippen LogP contribution in [0.1, 0.15) is 23.5 Å². The fraction of sp³-hybridized carbons (Fsp3) is 0.143. The van der Waals surface area contributed by atoms with Gasteiger partial charge in [-0.2, -0.15) is 18.2 Å². The van der Waals surface area contributed by atoms with E-state index in [9.17, 15) is 37.7 Å². The van der Waals surface area contributed by atoms with E-state index in [1.165, 1.54) is 36.4 Å². The number of benzene rings is 2. The van der Waals surface area contributed by atoms with Crippen molar-refractivity contribution in [3.05, 3.63) is 80.1 Å². The first-order valence-electron chi connectivity index (χ1n) is 9.95. The Bertz CT molecular complexity index is 1390. The Morgan fingerprint density at radius 3 is 2.49 bits per heavy atom. The maximum absolute atomic E-state index is 13.0. The molecule has 0 radical (unpaired) electrons. The number of halogens is 3. The summed E-state index contributed by atoms with van der Waals surface area (Å²) in [5.41, 5.74) is -1.84. The number of fused-ring (bicyclic) bond motifs is 1. The van der Waals surface area contributed by atoms with E-state index >= 15 is 0 Å². The van der Waals surface area contributed by atoms with E-state index in [-0.39, 0.29) is 40.8 Å². The van der Waals surface area contributed by atoms with Crippen LogP contribution in [-0.2, 0) is 15.8 Å². The summed E-state index contributed by atoms with van der Waals surface area (Å²) in [6.07, 6.45) is -4.94. The van der Waals surface area contributed by atoms with Gasteiger partial charge in [0.25, 0.3) is 11.2 Å². The number of nitrogens with one attached hydrogen (secondary N) is 4. The maximum Gasteiger partial charge on any atom is 0.416 e. The first-order valence-corrected chi connectivity index (χ1v) is 9.95. The third-order valence-corrected chi connectivity index (χ3v) is 5.07. The third-order valence-electron chi connectivity index (χ3n) is 5.07. The number of anilines is 4. The molecule has 0 fully saturated rings. The number of nitro benzene ring substituents is 1. The van der Waals surface area contributed by atoms with Crippen molar-refractivity contribution in [3.63, 3.8) is 0 Å². The number of non-ortho nitro benzene ring substituents is 1. The SMILES string of the molecule is O=C1C[C@@H](C(=O)Nc2ccc([N+](=O)[O-])cc2)c2c(nc(Nc3cccc(C(F)(F)F)c3)[nH]c2=O)N1. The zero-order valence-electron chi connectivity index (χ0n) is 17.5. The molecule has 3 aromatic rings. The first kappa shape index (κ1) is 23.4. The van der Waals surface area contributed by atoms with Crippen LogP contribution in [0.4, 0.5) is 42.0 Å². The van der Waals surface area contributed by atoms with Gasteiger partial charge in [-0.3, -0.25) is 29.5 Å². The van der Waals surface area contributed by atoms with Gasteiger partial charge in [-0.1, -0.05) is 6.07 Å². The molecule has 0 spiro atoms. The average molecular weight is 488 g/mol. The number of nitrogens with zero attached hydrogens (tertiary/aromatic N) is 2. The molecule has 180 valence electrons. The Morgan fingerprint density at radius 2 is 1.83 bits per heavy atom. The van der Waals surface area contributed by atoms with E-state index in [0.29, 0.717) is 0 Å². The van der Waals surface area contributed by atoms with Crippen LogP contribution in [0.3, 0.4) is 0 Å². The smallest absolute Gasteiger partial charge is 0.326 e. The van der Waals surface area contributed by atoms with Crippen molar-refractivity contribution in [2.45, 2.75) is 18.5 Å². The number of hydrogen-bond donors (Lipinski definition) is 4. The van der Waals surface area contributed by atoms with Crippen LogP contribution >= 0.6 is 0 Å². The highest BCUT2D eigenvalue weighted by atomic mass is 19.4. The Morgan fingerprint density at radius 1 is 1.11 bits per heavy atom. The van der Waals surface area contributed by atoms with Crippen molar-refractivity contribution >= 4 is 40.6 Å². The molecule has 4 N–H and O–H groups in total. The van der Waals surface area contributed by atoms with E-state index in [1.807, 2.05) is 0 Å². The molecule has 0 bridgehead atoms. The van der Waals surface area contributed by atoms with Crippen LogP contribution in [0, 0.1) is 10.1 Å². The number of nitro groups is 1. The summed E-state index contributed by atoms with van der Waals surface area (Å²) < 4.78 is 38.9. The second-order valence-corrected chi connectivity index (χ2v) is 7.48. The van der Waals surface area contributed by atoms with Crippen LogP contribution in [0.5, 0.6) is 0 Å². The van der Waals surface area contributed by atoms with Crippen LogP contribution < -0.4 is 21.5 Å². The van der Waals surface area contributed by atoms with Crippen molar-refractivity contribution in [2.75, 3.05) is 16.0 Å². The molecule has 11 nitrogen and oxygen atoms in total. The molecule has 1 aliphatic rings. The lowest BCUT2D eigenvalue weighted by Gasteiger charge is -2.23. The molecular weight excluding hydrogens is 473 g/mol. The Hall–Kier alpha value is -4.75. The predicted octanol–water partition coefficient (Wildman–Crippen LogP) is 3.51.